The number of fused-ring (bicyclic) bond motifs is 1. The highest BCUT2D eigenvalue weighted by Crippen LogP contribution is 2.31. The Morgan fingerprint density at radius 3 is 2.68 bits per heavy atom. The Kier molecular flexibility index (Phi) is 6.83. The van der Waals surface area contributed by atoms with Crippen LogP contribution in [0, 0.1) is 11.8 Å². The van der Waals surface area contributed by atoms with Crippen LogP contribution in [-0.4, -0.2) is 54.7 Å². The lowest BCUT2D eigenvalue weighted by Crippen LogP contribution is -2.35. The van der Waals surface area contributed by atoms with Crippen LogP contribution in [0.15, 0.2) is 18.2 Å². The standard InChI is InChI=1S/C21H29N3O3.ClH/c25-20(26)18-2-1-17-14-19(4-3-16(17)13-18)24-12-11-23(21(24)27)10-7-15-5-8-22-9-6-15;/h3-4,14-15,18,22H,1-2,5-13H2,(H,25,26);1H. The highest BCUT2D eigenvalue weighted by molar-refractivity contribution is 5.94. The number of carboxylic acid groups (broad SMARTS) is 1. The van der Waals surface area contributed by atoms with E-state index in [-0.39, 0.29) is 24.4 Å². The highest BCUT2D eigenvalue weighted by Gasteiger charge is 2.31. The summed E-state index contributed by atoms with van der Waals surface area (Å²) in [6, 6.07) is 6.21. The lowest BCUT2D eigenvalue weighted by Gasteiger charge is -2.26. The second-order valence-electron chi connectivity index (χ2n) is 8.13. The maximum absolute atomic E-state index is 12.8. The summed E-state index contributed by atoms with van der Waals surface area (Å²) in [4.78, 5) is 28.0. The summed E-state index contributed by atoms with van der Waals surface area (Å²) in [5.74, 6) is -0.245. The van der Waals surface area contributed by atoms with Crippen molar-refractivity contribution in [3.05, 3.63) is 29.3 Å². The van der Waals surface area contributed by atoms with Crippen LogP contribution in [0.1, 0.15) is 36.8 Å². The zero-order valence-electron chi connectivity index (χ0n) is 16.2. The van der Waals surface area contributed by atoms with E-state index in [9.17, 15) is 14.7 Å². The summed E-state index contributed by atoms with van der Waals surface area (Å²) in [7, 11) is 0. The van der Waals surface area contributed by atoms with Gasteiger partial charge in [-0.15, -0.1) is 12.4 Å². The number of nitrogens with zero attached hydrogens (tertiary/aromatic N) is 2. The lowest BCUT2D eigenvalue weighted by atomic mass is 9.84. The van der Waals surface area contributed by atoms with E-state index >= 15 is 0 Å². The molecule has 154 valence electrons. The molecule has 0 aromatic heterocycles. The molecule has 3 aliphatic rings. The predicted molar refractivity (Wildman–Crippen MR) is 111 cm³/mol. The van der Waals surface area contributed by atoms with E-state index in [4.69, 9.17) is 0 Å². The molecule has 2 aliphatic heterocycles. The van der Waals surface area contributed by atoms with E-state index in [2.05, 4.69) is 11.4 Å². The molecule has 28 heavy (non-hydrogen) atoms. The van der Waals surface area contributed by atoms with Crippen LogP contribution in [0.2, 0.25) is 0 Å². The lowest BCUT2D eigenvalue weighted by molar-refractivity contribution is -0.142. The number of carboxylic acids is 1. The molecule has 1 unspecified atom stereocenters. The summed E-state index contributed by atoms with van der Waals surface area (Å²) in [5.41, 5.74) is 3.27. The number of piperidine rings is 1. The molecule has 2 heterocycles. The summed E-state index contributed by atoms with van der Waals surface area (Å²) in [6.45, 7) is 4.58. The Balaban J connectivity index is 0.00000225. The van der Waals surface area contributed by atoms with Crippen LogP contribution in [0.4, 0.5) is 10.5 Å². The van der Waals surface area contributed by atoms with Gasteiger partial charge in [0.05, 0.1) is 5.92 Å². The van der Waals surface area contributed by atoms with Crippen LogP contribution < -0.4 is 10.2 Å². The minimum atomic E-state index is -0.705. The number of benzene rings is 1. The summed E-state index contributed by atoms with van der Waals surface area (Å²) in [6.07, 6.45) is 5.59. The van der Waals surface area contributed by atoms with Gasteiger partial charge < -0.3 is 15.3 Å². The topological polar surface area (TPSA) is 72.9 Å². The van der Waals surface area contributed by atoms with Gasteiger partial charge in [-0.2, -0.15) is 0 Å². The molecular weight excluding hydrogens is 378 g/mol. The smallest absolute Gasteiger partial charge is 0.324 e. The fourth-order valence-electron chi connectivity index (χ4n) is 4.66. The second-order valence-corrected chi connectivity index (χ2v) is 8.13. The molecule has 0 radical (unpaired) electrons. The minimum Gasteiger partial charge on any atom is -0.481 e. The van der Waals surface area contributed by atoms with Crippen molar-refractivity contribution in [3.8, 4) is 0 Å². The Morgan fingerprint density at radius 2 is 1.93 bits per heavy atom. The molecular formula is C21H30ClN3O3. The molecule has 6 nitrogen and oxygen atoms in total. The van der Waals surface area contributed by atoms with Crippen molar-refractivity contribution in [2.24, 2.45) is 11.8 Å². The van der Waals surface area contributed by atoms with E-state index < -0.39 is 5.97 Å². The fourth-order valence-corrected chi connectivity index (χ4v) is 4.66. The fraction of sp³-hybridized carbons (Fsp3) is 0.619. The van der Waals surface area contributed by atoms with Crippen LogP contribution >= 0.6 is 12.4 Å². The molecule has 0 bridgehead atoms. The number of carbonyl (C=O) groups excluding carboxylic acids is 1. The van der Waals surface area contributed by atoms with E-state index in [0.717, 1.165) is 62.7 Å². The van der Waals surface area contributed by atoms with Crippen LogP contribution in [0.5, 0.6) is 0 Å². The van der Waals surface area contributed by atoms with Crippen LogP contribution in [0.3, 0.4) is 0 Å². The van der Waals surface area contributed by atoms with Gasteiger partial charge in [-0.3, -0.25) is 9.69 Å². The summed E-state index contributed by atoms with van der Waals surface area (Å²) >= 11 is 0. The Labute approximate surface area is 172 Å². The quantitative estimate of drug-likeness (QED) is 0.787. The van der Waals surface area contributed by atoms with Gasteiger partial charge in [-0.05, 0) is 80.8 Å². The average Bonchev–Trinajstić information content (AvgIpc) is 3.06. The first-order valence-electron chi connectivity index (χ1n) is 10.2. The van der Waals surface area contributed by atoms with E-state index in [1.54, 1.807) is 0 Å². The largest absolute Gasteiger partial charge is 0.481 e. The first-order chi connectivity index (χ1) is 13.1. The van der Waals surface area contributed by atoms with Crippen LogP contribution in [0.25, 0.3) is 0 Å². The first kappa shape index (κ1) is 20.9. The second kappa shape index (κ2) is 9.14. The van der Waals surface area contributed by atoms with Gasteiger partial charge in [0, 0.05) is 25.3 Å². The minimum absolute atomic E-state index is 0. The zero-order valence-corrected chi connectivity index (χ0v) is 17.0. The van der Waals surface area contributed by atoms with Crippen LogP contribution in [-0.2, 0) is 17.6 Å². The average molecular weight is 408 g/mol. The van der Waals surface area contributed by atoms with Crippen molar-refractivity contribution < 1.29 is 14.7 Å². The SMILES string of the molecule is Cl.O=C(O)C1CCc2cc(N3CCN(CCC4CCNCC4)C3=O)ccc2C1. The number of amides is 2. The summed E-state index contributed by atoms with van der Waals surface area (Å²) < 4.78 is 0. The van der Waals surface area contributed by atoms with Crippen molar-refractivity contribution >= 4 is 30.1 Å². The van der Waals surface area contributed by atoms with Gasteiger partial charge in [0.2, 0.25) is 0 Å². The van der Waals surface area contributed by atoms with E-state index in [1.165, 1.54) is 18.4 Å². The zero-order chi connectivity index (χ0) is 18.8. The molecule has 1 aromatic carbocycles. The highest BCUT2D eigenvalue weighted by atomic mass is 35.5. The third kappa shape index (κ3) is 4.44. The number of urea groups is 1. The van der Waals surface area contributed by atoms with Gasteiger partial charge >= 0.3 is 12.0 Å². The van der Waals surface area contributed by atoms with Gasteiger partial charge in [0.1, 0.15) is 0 Å². The van der Waals surface area contributed by atoms with Crippen molar-refractivity contribution in [2.45, 2.75) is 38.5 Å². The molecule has 2 saturated heterocycles. The van der Waals surface area contributed by atoms with E-state index in [1.807, 2.05) is 21.9 Å². The Hall–Kier alpha value is -1.79. The van der Waals surface area contributed by atoms with Crippen molar-refractivity contribution in [2.75, 3.05) is 37.6 Å². The molecule has 4 rings (SSSR count). The number of rotatable bonds is 5. The molecule has 1 aromatic rings. The molecule has 2 N–H and O–H groups in total. The number of anilines is 1. The molecule has 0 spiro atoms. The molecule has 2 fully saturated rings. The van der Waals surface area contributed by atoms with Gasteiger partial charge in [0.15, 0.2) is 0 Å². The number of aliphatic carboxylic acids is 1. The third-order valence-corrected chi connectivity index (χ3v) is 6.44. The van der Waals surface area contributed by atoms with Gasteiger partial charge in [0.25, 0.3) is 0 Å². The maximum Gasteiger partial charge on any atom is 0.324 e. The number of hydrogen-bond acceptors (Lipinski definition) is 3. The van der Waals surface area contributed by atoms with E-state index in [0.29, 0.717) is 12.8 Å². The first-order valence-corrected chi connectivity index (χ1v) is 10.2. The van der Waals surface area contributed by atoms with Crippen molar-refractivity contribution in [1.29, 1.82) is 0 Å². The summed E-state index contributed by atoms with van der Waals surface area (Å²) in [5, 5.41) is 12.6. The maximum atomic E-state index is 12.8. The normalized spacial score (nSPS) is 22.7. The number of nitrogens with one attached hydrogen (secondary N) is 1. The van der Waals surface area contributed by atoms with Crippen molar-refractivity contribution in [1.82, 2.24) is 10.2 Å². The predicted octanol–water partition coefficient (Wildman–Crippen LogP) is 2.93. The molecule has 1 atom stereocenters. The molecule has 0 saturated carbocycles. The number of hydrogen-bond donors (Lipinski definition) is 2. The Bertz CT molecular complexity index is 721. The monoisotopic (exact) mass is 407 g/mol. The van der Waals surface area contributed by atoms with Gasteiger partial charge in [-0.1, -0.05) is 6.07 Å². The number of aryl methyl sites for hydroxylation is 1. The number of carbonyl (C=O) groups is 2. The number of halogens is 1. The van der Waals surface area contributed by atoms with Gasteiger partial charge in [-0.25, -0.2) is 4.79 Å². The van der Waals surface area contributed by atoms with Crippen molar-refractivity contribution in [3.63, 3.8) is 0 Å². The molecule has 2 amide bonds. The third-order valence-electron chi connectivity index (χ3n) is 6.44. The molecule has 1 aliphatic carbocycles. The Morgan fingerprint density at radius 1 is 1.14 bits per heavy atom. The molecule has 7 heteroatoms.